The van der Waals surface area contributed by atoms with Gasteiger partial charge in [-0.05, 0) is 37.2 Å². The van der Waals surface area contributed by atoms with Crippen LogP contribution in [0.25, 0.3) is 0 Å². The van der Waals surface area contributed by atoms with Crippen LogP contribution in [0.1, 0.15) is 6.92 Å². The third-order valence-corrected chi connectivity index (χ3v) is 3.97. The Balaban J connectivity index is 2.61. The van der Waals surface area contributed by atoms with Gasteiger partial charge in [0.15, 0.2) is 0 Å². The van der Waals surface area contributed by atoms with Crippen molar-refractivity contribution in [2.75, 3.05) is 32.6 Å². The van der Waals surface area contributed by atoms with Crippen LogP contribution in [0.4, 0.5) is 5.69 Å². The normalized spacial score (nSPS) is 13.3. The molecule has 18 heavy (non-hydrogen) atoms. The maximum atomic E-state index is 11.5. The van der Waals surface area contributed by atoms with Crippen LogP contribution in [0.5, 0.6) is 0 Å². The average molecular weight is 272 g/mol. The first-order valence-corrected chi connectivity index (χ1v) is 7.24. The van der Waals surface area contributed by atoms with Gasteiger partial charge in [-0.1, -0.05) is 6.92 Å². The molecule has 0 heterocycles. The zero-order chi connectivity index (χ0) is 13.6. The Morgan fingerprint density at radius 3 is 2.39 bits per heavy atom. The summed E-state index contributed by atoms with van der Waals surface area (Å²) in [7, 11) is -0.281. The van der Waals surface area contributed by atoms with Gasteiger partial charge in [-0.25, -0.2) is 13.1 Å². The van der Waals surface area contributed by atoms with Crippen molar-refractivity contribution >= 4 is 15.7 Å². The quantitative estimate of drug-likeness (QED) is 0.785. The second-order valence-corrected chi connectivity index (χ2v) is 6.06. The van der Waals surface area contributed by atoms with Crippen molar-refractivity contribution in [3.8, 4) is 0 Å². The highest BCUT2D eigenvalue weighted by Gasteiger charge is 2.10. The van der Waals surface area contributed by atoms with Crippen molar-refractivity contribution < 1.29 is 13.2 Å². The third kappa shape index (κ3) is 4.29. The molecule has 5 nitrogen and oxygen atoms in total. The first-order valence-electron chi connectivity index (χ1n) is 5.76. The monoisotopic (exact) mass is 272 g/mol. The molecule has 102 valence electrons. The molecule has 0 aliphatic rings. The van der Waals surface area contributed by atoms with Crippen molar-refractivity contribution in [3.63, 3.8) is 0 Å². The second-order valence-electron chi connectivity index (χ2n) is 4.17. The van der Waals surface area contributed by atoms with Crippen molar-refractivity contribution in [3.05, 3.63) is 24.3 Å². The van der Waals surface area contributed by atoms with Gasteiger partial charge in [0.2, 0.25) is 10.0 Å². The fourth-order valence-corrected chi connectivity index (χ4v) is 2.24. The molecule has 0 saturated heterocycles. The smallest absolute Gasteiger partial charge is 0.240 e. The molecule has 1 aromatic carbocycles. The Morgan fingerprint density at radius 1 is 1.28 bits per heavy atom. The molecule has 0 radical (unpaired) electrons. The van der Waals surface area contributed by atoms with Crippen LogP contribution in [0, 0.1) is 5.92 Å². The fraction of sp³-hybridized carbons (Fsp3) is 0.500. The number of benzene rings is 1. The maximum Gasteiger partial charge on any atom is 0.240 e. The molecule has 2 N–H and O–H groups in total. The molecule has 6 heteroatoms. The predicted molar refractivity (Wildman–Crippen MR) is 72.2 cm³/mol. The minimum atomic E-state index is -3.35. The van der Waals surface area contributed by atoms with Gasteiger partial charge in [-0.2, -0.15) is 0 Å². The van der Waals surface area contributed by atoms with E-state index in [0.717, 1.165) is 12.2 Å². The Morgan fingerprint density at radius 2 is 1.89 bits per heavy atom. The van der Waals surface area contributed by atoms with Gasteiger partial charge in [0.05, 0.1) is 11.5 Å². The summed E-state index contributed by atoms with van der Waals surface area (Å²) in [6, 6.07) is 6.66. The van der Waals surface area contributed by atoms with E-state index >= 15 is 0 Å². The molecule has 0 aliphatic carbocycles. The second kappa shape index (κ2) is 6.72. The van der Waals surface area contributed by atoms with Crippen LogP contribution in [-0.4, -0.2) is 35.7 Å². The van der Waals surface area contributed by atoms with Gasteiger partial charge in [0.1, 0.15) is 0 Å². The van der Waals surface area contributed by atoms with E-state index in [9.17, 15) is 8.42 Å². The lowest BCUT2D eigenvalue weighted by molar-refractivity contribution is 0.164. The number of nitrogens with one attached hydrogen (secondary N) is 2. The van der Waals surface area contributed by atoms with Gasteiger partial charge in [-0.3, -0.25) is 0 Å². The molecule has 1 unspecified atom stereocenters. The van der Waals surface area contributed by atoms with Crippen molar-refractivity contribution in [2.24, 2.45) is 5.92 Å². The highest BCUT2D eigenvalue weighted by atomic mass is 32.2. The number of anilines is 1. The van der Waals surface area contributed by atoms with E-state index < -0.39 is 10.0 Å². The first-order chi connectivity index (χ1) is 8.49. The summed E-state index contributed by atoms with van der Waals surface area (Å²) in [6.07, 6.45) is 0. The number of rotatable bonds is 7. The van der Waals surface area contributed by atoms with Crippen molar-refractivity contribution in [1.82, 2.24) is 4.72 Å². The topological polar surface area (TPSA) is 67.4 Å². The highest BCUT2D eigenvalue weighted by molar-refractivity contribution is 7.89. The van der Waals surface area contributed by atoms with Gasteiger partial charge in [0, 0.05) is 19.3 Å². The third-order valence-electron chi connectivity index (χ3n) is 2.54. The molecule has 0 spiro atoms. The average Bonchev–Trinajstić information content (AvgIpc) is 2.37. The summed E-state index contributed by atoms with van der Waals surface area (Å²) in [5.41, 5.74) is 0.896. The lowest BCUT2D eigenvalue weighted by atomic mass is 10.2. The van der Waals surface area contributed by atoms with Crippen molar-refractivity contribution in [1.29, 1.82) is 0 Å². The highest BCUT2D eigenvalue weighted by Crippen LogP contribution is 2.14. The maximum absolute atomic E-state index is 11.5. The number of hydrogen-bond donors (Lipinski definition) is 2. The van der Waals surface area contributed by atoms with Gasteiger partial charge < -0.3 is 10.1 Å². The molecule has 0 amide bonds. The minimum absolute atomic E-state index is 0.264. The predicted octanol–water partition coefficient (Wildman–Crippen LogP) is 1.29. The number of hydrogen-bond acceptors (Lipinski definition) is 4. The Labute approximate surface area is 109 Å². The number of sulfonamides is 1. The van der Waals surface area contributed by atoms with E-state index in [1.807, 2.05) is 0 Å². The summed E-state index contributed by atoms with van der Waals surface area (Å²) in [6.45, 7) is 3.56. The SMILES string of the molecule is CNS(=O)(=O)c1ccc(NCC(C)COC)cc1. The Hall–Kier alpha value is -1.11. The molecular weight excluding hydrogens is 252 g/mol. The molecule has 1 atom stereocenters. The fourth-order valence-electron chi connectivity index (χ4n) is 1.51. The summed E-state index contributed by atoms with van der Waals surface area (Å²) < 4.78 is 30.4. The summed E-state index contributed by atoms with van der Waals surface area (Å²) in [4.78, 5) is 0.264. The van der Waals surface area contributed by atoms with Crippen LogP contribution in [0.2, 0.25) is 0 Å². The molecule has 0 saturated carbocycles. The molecule has 0 aromatic heterocycles. The molecule has 0 aliphatic heterocycles. The van der Waals surface area contributed by atoms with Crippen LogP contribution >= 0.6 is 0 Å². The largest absolute Gasteiger partial charge is 0.385 e. The van der Waals surface area contributed by atoms with E-state index in [2.05, 4.69) is 17.0 Å². The standard InChI is InChI=1S/C12H20N2O3S/c1-10(9-17-3)8-14-11-4-6-12(7-5-11)18(15,16)13-2/h4-7,10,13-14H,8-9H2,1-3H3. The first kappa shape index (κ1) is 14.9. The molecule has 0 bridgehead atoms. The van der Waals surface area contributed by atoms with E-state index in [4.69, 9.17) is 4.74 Å². The molecular formula is C12H20N2O3S. The van der Waals surface area contributed by atoms with E-state index in [1.54, 1.807) is 31.4 Å². The zero-order valence-corrected chi connectivity index (χ0v) is 11.8. The van der Waals surface area contributed by atoms with Crippen LogP contribution in [-0.2, 0) is 14.8 Å². The van der Waals surface area contributed by atoms with Crippen LogP contribution in [0.3, 0.4) is 0 Å². The Bertz CT molecular complexity index is 457. The zero-order valence-electron chi connectivity index (χ0n) is 10.9. The van der Waals surface area contributed by atoms with Gasteiger partial charge in [0.25, 0.3) is 0 Å². The number of ether oxygens (including phenoxy) is 1. The summed E-state index contributed by atoms with van der Waals surface area (Å²) >= 11 is 0. The molecule has 1 rings (SSSR count). The van der Waals surface area contributed by atoms with Crippen LogP contribution in [0.15, 0.2) is 29.2 Å². The minimum Gasteiger partial charge on any atom is -0.385 e. The van der Waals surface area contributed by atoms with E-state index in [0.29, 0.717) is 12.5 Å². The van der Waals surface area contributed by atoms with Gasteiger partial charge >= 0.3 is 0 Å². The van der Waals surface area contributed by atoms with Crippen molar-refractivity contribution in [2.45, 2.75) is 11.8 Å². The summed E-state index contributed by atoms with van der Waals surface area (Å²) in [5, 5.41) is 3.23. The molecule has 1 aromatic rings. The molecule has 0 fully saturated rings. The van der Waals surface area contributed by atoms with Gasteiger partial charge in [-0.15, -0.1) is 0 Å². The van der Waals surface area contributed by atoms with E-state index in [-0.39, 0.29) is 4.90 Å². The van der Waals surface area contributed by atoms with Crippen LogP contribution < -0.4 is 10.0 Å². The Kier molecular flexibility index (Phi) is 5.58. The van der Waals surface area contributed by atoms with E-state index in [1.165, 1.54) is 7.05 Å². The lowest BCUT2D eigenvalue weighted by Gasteiger charge is -2.12. The lowest BCUT2D eigenvalue weighted by Crippen LogP contribution is -2.18. The summed E-state index contributed by atoms with van der Waals surface area (Å²) in [5.74, 6) is 0.399. The number of methoxy groups -OCH3 is 1.